The van der Waals surface area contributed by atoms with E-state index in [0.717, 1.165) is 90.9 Å². The second-order valence-corrected chi connectivity index (χ2v) is 35.5. The number of aliphatic imine (C=N–C) groups is 1. The van der Waals surface area contributed by atoms with E-state index in [-0.39, 0.29) is 116 Å². The molecule has 0 radical (unpaired) electrons. The number of nitrogens with zero attached hydrogens (tertiary/aromatic N) is 14. The smallest absolute Gasteiger partial charge is 0.344 e. The van der Waals surface area contributed by atoms with E-state index in [1.807, 2.05) is 34.6 Å². The van der Waals surface area contributed by atoms with Gasteiger partial charge in [0.25, 0.3) is 0 Å². The number of amides is 1. The number of hydrogen-bond acceptors (Lipinski definition) is 31. The molecule has 0 spiro atoms. The number of carboxylic acids is 2. The molecule has 4 saturated heterocycles. The van der Waals surface area contributed by atoms with Crippen LogP contribution in [0.15, 0.2) is 132 Å². The van der Waals surface area contributed by atoms with Crippen molar-refractivity contribution in [1.82, 2.24) is 49.3 Å². The number of morpholine rings is 4. The van der Waals surface area contributed by atoms with Crippen LogP contribution in [-0.4, -0.2) is 256 Å². The molecule has 0 saturated carbocycles. The van der Waals surface area contributed by atoms with Crippen LogP contribution in [0.3, 0.4) is 0 Å². The summed E-state index contributed by atoms with van der Waals surface area (Å²) in [4.78, 5) is 157. The average Bonchev–Trinajstić information content (AvgIpc) is 0.753. The quantitative estimate of drug-likeness (QED) is 0.0475. The molecule has 132 heavy (non-hydrogen) atoms. The minimum Gasteiger partial charge on any atom is -0.481 e. The van der Waals surface area contributed by atoms with Crippen molar-refractivity contribution in [3.8, 4) is 0 Å². The third-order valence-corrected chi connectivity index (χ3v) is 23.5. The van der Waals surface area contributed by atoms with E-state index in [2.05, 4.69) is 171 Å². The number of carbonyl (C=O) groups excluding carboxylic acids is 6. The predicted molar refractivity (Wildman–Crippen MR) is 500 cm³/mol. The van der Waals surface area contributed by atoms with Crippen LogP contribution in [0.5, 0.6) is 0 Å². The fraction of sp³-hybridized carbons (Fsp3) is 0.407. The van der Waals surface area contributed by atoms with Crippen LogP contribution in [0.1, 0.15) is 123 Å². The molecule has 19 rings (SSSR count). The zero-order chi connectivity index (χ0) is 94.3. The first-order valence-electron chi connectivity index (χ1n) is 40.5. The molecule has 19 heterocycles. The van der Waals surface area contributed by atoms with Crippen molar-refractivity contribution in [2.45, 2.75) is 98.0 Å². The number of rotatable bonds is 8. The van der Waals surface area contributed by atoms with Gasteiger partial charge in [-0.05, 0) is 175 Å². The number of ether oxygens (including phenoxy) is 9. The Morgan fingerprint density at radius 1 is 0.561 bits per heavy atom. The molecule has 9 aromatic rings. The first-order chi connectivity index (χ1) is 62.9. The number of carbonyl (C=O) groups is 8. The van der Waals surface area contributed by atoms with Crippen molar-refractivity contribution in [1.29, 1.82) is 0 Å². The maximum atomic E-state index is 13.1. The zero-order valence-corrected chi connectivity index (χ0v) is 81.2. The van der Waals surface area contributed by atoms with Gasteiger partial charge in [-0.3, -0.25) is 48.3 Å². The molecule has 5 atom stereocenters. The highest BCUT2D eigenvalue weighted by Gasteiger charge is 2.47. The summed E-state index contributed by atoms with van der Waals surface area (Å²) in [5.74, 6) is -6.09. The van der Waals surface area contributed by atoms with Gasteiger partial charge in [0.05, 0.1) is 173 Å². The topological polar surface area (TPSA) is 453 Å². The molecular formula is C86H88Br7F2N15O22. The number of ketones is 4. The van der Waals surface area contributed by atoms with Gasteiger partial charge in [-0.25, -0.2) is 43.3 Å². The summed E-state index contributed by atoms with van der Waals surface area (Å²) >= 11 is 22.8. The van der Waals surface area contributed by atoms with Crippen LogP contribution < -0.4 is 30.9 Å². The number of nitrogens with one attached hydrogen (secondary N) is 1. The Bertz CT molecular complexity index is 5970. The average molecular weight is 2280 g/mol. The standard InChI is InChI=1S/C14H13BrN2O4.C12H11BrN2O4.C12H9BrN2O4.C11H13BrN2O2.C11H11BrN2O2.C9H7BrFNO2.C6H2BrFN2.C6H11NO2.C4H7NO2.CH4/c1-2-21-14(19)11-10-7-20-4-3-17(10)9-5-8(15)6-16-12(9)13(11)18;2*13-6-3-7-10(14-4-6)11(16)9(12(17)18)8-5-19-2-1-15(7)8;2*12-7-3-9-11(13-5-7)10(15)4-8-6-16-2-1-14(8)9;1-5(13)2-8(14)9-7(11)3-6(10)4-12-9;1-9-6-5(8)2-4(7)3-10-6;1-2-9-6-5-8-4-3-7-6;6-4-3-7-2-1-5-4;/h5-6H,2-4,7H2,1H3;3-4,8-9H,1-2,5H2,(H,17,18);3-4H,1-2,5H2,(H,17,18);3,5,8,10,15H,1-2,4,6H2;3,5,8H,1-2,4,6H2;3-4H,2H2,1H3;2-3H;2-5H2,1H3;1-3H2,(H,5,6);1H4. The summed E-state index contributed by atoms with van der Waals surface area (Å²) in [6.07, 6.45) is 11.1. The molecule has 10 aliphatic heterocycles. The Morgan fingerprint density at radius 2 is 1.06 bits per heavy atom. The van der Waals surface area contributed by atoms with Crippen LogP contribution >= 0.6 is 112 Å². The summed E-state index contributed by atoms with van der Waals surface area (Å²) in [5, 5.41) is 31.2. The van der Waals surface area contributed by atoms with E-state index >= 15 is 0 Å². The highest BCUT2D eigenvalue weighted by molar-refractivity contribution is 9.11. The van der Waals surface area contributed by atoms with Crippen molar-refractivity contribution < 1.29 is 105 Å². The lowest BCUT2D eigenvalue weighted by Gasteiger charge is -2.43. The lowest BCUT2D eigenvalue weighted by molar-refractivity contribution is -0.141. The molecule has 5 unspecified atom stereocenters. The van der Waals surface area contributed by atoms with E-state index in [1.54, 1.807) is 42.2 Å². The van der Waals surface area contributed by atoms with Crippen LogP contribution in [0.2, 0.25) is 0 Å². The Morgan fingerprint density at radius 3 is 1.60 bits per heavy atom. The number of aromatic nitrogens is 9. The molecule has 702 valence electrons. The second-order valence-electron chi connectivity index (χ2n) is 29.1. The number of pyridine rings is 9. The molecule has 0 aromatic carbocycles. The molecule has 0 aliphatic carbocycles. The minimum absolute atomic E-state index is 0. The Hall–Kier alpha value is -9.71. The highest BCUT2D eigenvalue weighted by Crippen LogP contribution is 2.40. The number of fused-ring (bicyclic) bond motifs is 15. The van der Waals surface area contributed by atoms with Crippen molar-refractivity contribution in [2.75, 3.05) is 140 Å². The summed E-state index contributed by atoms with van der Waals surface area (Å²) in [7, 11) is 0. The zero-order valence-electron chi connectivity index (χ0n) is 70.1. The molecule has 9 aromatic heterocycles. The van der Waals surface area contributed by atoms with Crippen molar-refractivity contribution in [2.24, 2.45) is 10.9 Å². The Kier molecular flexibility index (Phi) is 39.6. The summed E-state index contributed by atoms with van der Waals surface area (Å²) in [6, 6.07) is 11.8. The van der Waals surface area contributed by atoms with E-state index in [1.165, 1.54) is 37.8 Å². The number of esters is 1. The summed E-state index contributed by atoms with van der Waals surface area (Å²) in [5.41, 5.74) is 5.53. The Balaban J connectivity index is 0.000000156. The van der Waals surface area contributed by atoms with Gasteiger partial charge >= 0.3 is 23.7 Å². The molecule has 4 fully saturated rings. The van der Waals surface area contributed by atoms with Crippen molar-refractivity contribution in [3.63, 3.8) is 0 Å². The molecular weight excluding hydrogens is 2190 g/mol. The number of aliphatic hydroxyl groups is 1. The van der Waals surface area contributed by atoms with Crippen LogP contribution in [0, 0.1) is 24.1 Å². The third-order valence-electron chi connectivity index (χ3n) is 20.4. The number of aliphatic hydroxyl groups excluding tert-OH is 1. The minimum atomic E-state index is -1.24. The largest absolute Gasteiger partial charge is 0.481 e. The second kappa shape index (κ2) is 50.0. The fourth-order valence-corrected chi connectivity index (χ4v) is 17.0. The fourth-order valence-electron chi connectivity index (χ4n) is 14.8. The number of aromatic carboxylic acids is 1. The molecule has 1 amide bonds. The molecule has 0 bridgehead atoms. The molecule has 10 aliphatic rings. The number of carboxylic acid groups (broad SMARTS) is 2. The highest BCUT2D eigenvalue weighted by atomic mass is 79.9. The van der Waals surface area contributed by atoms with Gasteiger partial charge in [0.15, 0.2) is 29.0 Å². The summed E-state index contributed by atoms with van der Waals surface area (Å²) in [6.45, 7) is 24.1. The normalized spacial score (nSPS) is 18.5. The molecule has 37 nitrogen and oxygen atoms in total. The van der Waals surface area contributed by atoms with Gasteiger partial charge in [-0.2, -0.15) is 0 Å². The number of aliphatic carboxylic acids is 1. The van der Waals surface area contributed by atoms with E-state index < -0.39 is 70.0 Å². The first-order valence-corrected chi connectivity index (χ1v) is 46.0. The lowest BCUT2D eigenvalue weighted by Crippen LogP contribution is -2.57. The first kappa shape index (κ1) is 104. The number of anilines is 3. The van der Waals surface area contributed by atoms with Crippen molar-refractivity contribution >= 4 is 209 Å². The monoisotopic (exact) mass is 2270 g/mol. The van der Waals surface area contributed by atoms with Gasteiger partial charge in [-0.1, -0.05) is 14.0 Å². The molecule has 4 N–H and O–H groups in total. The number of Topliss-reactive ketones (excluding diaryl/α,β-unsaturated/α-hetero) is 4. The SMILES string of the molecule is C.CC(=O)CC(=O)c1ncc(Br)cc1F.CCOC(=O)c1c2n(c3cc(Br)cnc3c1=O)CCOC2.CCOC1=NCCOC1.O=C(O)C1C(=O)c2ncc(Br)cc2N2CCOCC12.O=C(O)c1c2n(c3cc(Br)cnc3c1=O)CCOC2.O=C1CC2COCCN2c2cc(Br)cnc21.O=C1COCCN1.OC1CC2COCCN2c2cc(Br)cnc21.[C-]#[N+]c1ncc(Br)cc1F. The van der Waals surface area contributed by atoms with Gasteiger partial charge in [0.2, 0.25) is 22.7 Å². The van der Waals surface area contributed by atoms with Gasteiger partial charge in [-0.15, -0.1) is 4.98 Å². The molecule has 46 heteroatoms. The maximum absolute atomic E-state index is 13.1. The van der Waals surface area contributed by atoms with Gasteiger partial charge < -0.3 is 91.9 Å². The lowest BCUT2D eigenvalue weighted by atomic mass is 9.86. The number of halogens is 9. The number of hydrogen-bond donors (Lipinski definition) is 4. The maximum Gasteiger partial charge on any atom is 0.344 e. The van der Waals surface area contributed by atoms with E-state index in [9.17, 15) is 72.0 Å². The van der Waals surface area contributed by atoms with Gasteiger partial charge in [0, 0.05) is 116 Å². The van der Waals surface area contributed by atoms with Crippen molar-refractivity contribution in [3.05, 3.63) is 206 Å². The van der Waals surface area contributed by atoms with E-state index in [0.29, 0.717) is 135 Å². The van der Waals surface area contributed by atoms with Crippen LogP contribution in [-0.2, 0) is 83.3 Å². The van der Waals surface area contributed by atoms with Gasteiger partial charge in [0.1, 0.15) is 76.5 Å². The van der Waals surface area contributed by atoms with E-state index in [4.69, 9.17) is 49.2 Å². The third kappa shape index (κ3) is 26.9. The predicted octanol–water partition coefficient (Wildman–Crippen LogP) is 12.2. The van der Waals surface area contributed by atoms with Crippen LogP contribution in [0.25, 0.3) is 26.9 Å². The van der Waals surface area contributed by atoms with Crippen LogP contribution in [0.4, 0.5) is 31.7 Å². The summed E-state index contributed by atoms with van der Waals surface area (Å²) < 4.78 is 81.3. The Labute approximate surface area is 812 Å².